The molecule has 0 unspecified atom stereocenters. The van der Waals surface area contributed by atoms with E-state index in [1.165, 1.54) is 36.4 Å². The second-order valence-electron chi connectivity index (χ2n) is 4.48. The van der Waals surface area contributed by atoms with E-state index in [0.29, 0.717) is 11.1 Å². The van der Waals surface area contributed by atoms with Crippen LogP contribution in [0.3, 0.4) is 0 Å². The van der Waals surface area contributed by atoms with Crippen LogP contribution in [0, 0.1) is 0 Å². The van der Waals surface area contributed by atoms with Gasteiger partial charge in [-0.2, -0.15) is 0 Å². The highest BCUT2D eigenvalue weighted by Gasteiger charge is 2.16. The van der Waals surface area contributed by atoms with Crippen molar-refractivity contribution in [2.24, 2.45) is 0 Å². The number of benzene rings is 2. The van der Waals surface area contributed by atoms with Crippen LogP contribution in [-0.2, 0) is 11.2 Å². The third-order valence-corrected chi connectivity index (χ3v) is 3.07. The number of phenolic OH excluding ortho intramolecular Hbond substituents is 3. The molecule has 2 aromatic rings. The largest absolute Gasteiger partial charge is 0.549 e. The Morgan fingerprint density at radius 1 is 1.00 bits per heavy atom. The van der Waals surface area contributed by atoms with Crippen LogP contribution in [0.5, 0.6) is 17.2 Å². The van der Waals surface area contributed by atoms with Gasteiger partial charge in [0, 0.05) is 18.0 Å². The van der Waals surface area contributed by atoms with Gasteiger partial charge >= 0.3 is 0 Å². The average molecular weight is 273 g/mol. The molecule has 0 aromatic heterocycles. The molecule has 2 rings (SSSR count). The standard InChI is InChI=1S/C15H14O5/c16-11-4-1-9(2-5-11)13(15(19)20)7-10-3-6-12(17)8-14(10)18/h1-6,8,13,16-18H,7H2,(H,19,20)/p-1/t13-/m0/s1. The smallest absolute Gasteiger partial charge is 0.122 e. The van der Waals surface area contributed by atoms with Gasteiger partial charge in [-0.15, -0.1) is 0 Å². The van der Waals surface area contributed by atoms with E-state index >= 15 is 0 Å². The molecule has 0 saturated carbocycles. The highest BCUT2D eigenvalue weighted by Crippen LogP contribution is 2.29. The summed E-state index contributed by atoms with van der Waals surface area (Å²) in [6.07, 6.45) is 0.0270. The van der Waals surface area contributed by atoms with E-state index in [2.05, 4.69) is 0 Å². The van der Waals surface area contributed by atoms with Crippen LogP contribution < -0.4 is 5.11 Å². The molecule has 104 valence electrons. The molecule has 3 N–H and O–H groups in total. The molecule has 1 atom stereocenters. The molecule has 5 heteroatoms. The summed E-state index contributed by atoms with van der Waals surface area (Å²) in [4.78, 5) is 11.3. The number of rotatable bonds is 4. The summed E-state index contributed by atoms with van der Waals surface area (Å²) in [7, 11) is 0. The average Bonchev–Trinajstić information content (AvgIpc) is 2.39. The molecule has 0 aliphatic heterocycles. The van der Waals surface area contributed by atoms with Gasteiger partial charge in [-0.3, -0.25) is 0 Å². The lowest BCUT2D eigenvalue weighted by Crippen LogP contribution is -2.31. The molecule has 0 saturated heterocycles. The third kappa shape index (κ3) is 3.00. The van der Waals surface area contributed by atoms with Crippen LogP contribution in [0.15, 0.2) is 42.5 Å². The van der Waals surface area contributed by atoms with Crippen LogP contribution in [0.4, 0.5) is 0 Å². The molecule has 0 spiro atoms. The van der Waals surface area contributed by atoms with Gasteiger partial charge in [0.15, 0.2) is 0 Å². The van der Waals surface area contributed by atoms with Crippen LogP contribution in [0.1, 0.15) is 17.0 Å². The predicted molar refractivity (Wildman–Crippen MR) is 69.3 cm³/mol. The second-order valence-corrected chi connectivity index (χ2v) is 4.48. The molecule has 0 fully saturated rings. The number of phenols is 3. The number of carbonyl (C=O) groups excluding carboxylic acids is 1. The number of carboxylic acids is 1. The molecule has 0 heterocycles. The predicted octanol–water partition coefficient (Wildman–Crippen LogP) is 0.880. The summed E-state index contributed by atoms with van der Waals surface area (Å²) >= 11 is 0. The molecular formula is C15H13O5-. The highest BCUT2D eigenvalue weighted by molar-refractivity contribution is 5.74. The number of carboxylic acid groups (broad SMARTS) is 1. The van der Waals surface area contributed by atoms with Gasteiger partial charge in [-0.05, 0) is 35.7 Å². The lowest BCUT2D eigenvalue weighted by molar-refractivity contribution is -0.308. The SMILES string of the molecule is O=C([O-])[C@@H](Cc1ccc(O)cc1O)c1ccc(O)cc1. The van der Waals surface area contributed by atoms with Crippen molar-refractivity contribution in [2.75, 3.05) is 0 Å². The minimum Gasteiger partial charge on any atom is -0.549 e. The summed E-state index contributed by atoms with van der Waals surface area (Å²) in [5.41, 5.74) is 0.861. The monoisotopic (exact) mass is 273 g/mol. The zero-order valence-corrected chi connectivity index (χ0v) is 10.5. The fraction of sp³-hybridized carbons (Fsp3) is 0.133. The maximum absolute atomic E-state index is 11.3. The minimum atomic E-state index is -1.27. The summed E-state index contributed by atoms with van der Waals surface area (Å²) in [6, 6.07) is 9.75. The lowest BCUT2D eigenvalue weighted by Gasteiger charge is -2.19. The molecule has 2 aromatic carbocycles. The normalized spacial score (nSPS) is 12.0. The van der Waals surface area contributed by atoms with Crippen molar-refractivity contribution >= 4 is 5.97 Å². The zero-order valence-electron chi connectivity index (χ0n) is 10.5. The Morgan fingerprint density at radius 2 is 1.60 bits per heavy atom. The maximum Gasteiger partial charge on any atom is 0.122 e. The minimum absolute atomic E-state index is 0.0270. The van der Waals surface area contributed by atoms with E-state index in [0.717, 1.165) is 6.07 Å². The van der Waals surface area contributed by atoms with E-state index in [-0.39, 0.29) is 23.7 Å². The Morgan fingerprint density at radius 3 is 2.15 bits per heavy atom. The van der Waals surface area contributed by atoms with Gasteiger partial charge in [0.1, 0.15) is 17.2 Å². The van der Waals surface area contributed by atoms with Crippen LogP contribution >= 0.6 is 0 Å². The Kier molecular flexibility index (Phi) is 3.79. The topological polar surface area (TPSA) is 101 Å². The number of aromatic hydroxyl groups is 3. The molecule has 0 radical (unpaired) electrons. The summed E-state index contributed by atoms with van der Waals surface area (Å²) in [6.45, 7) is 0. The van der Waals surface area contributed by atoms with E-state index in [1.54, 1.807) is 0 Å². The van der Waals surface area contributed by atoms with Crippen molar-refractivity contribution in [1.82, 2.24) is 0 Å². The first-order valence-electron chi connectivity index (χ1n) is 5.98. The molecule has 0 bridgehead atoms. The molecule has 0 amide bonds. The number of hydrogen-bond acceptors (Lipinski definition) is 5. The zero-order chi connectivity index (χ0) is 14.7. The summed E-state index contributed by atoms with van der Waals surface area (Å²) < 4.78 is 0. The molecule has 5 nitrogen and oxygen atoms in total. The maximum atomic E-state index is 11.3. The molecule has 0 aliphatic carbocycles. The van der Waals surface area contributed by atoms with E-state index in [1.807, 2.05) is 0 Å². The Hall–Kier alpha value is -2.69. The van der Waals surface area contributed by atoms with Gasteiger partial charge in [0.2, 0.25) is 0 Å². The fourth-order valence-electron chi connectivity index (χ4n) is 1.99. The molecular weight excluding hydrogens is 260 g/mol. The Balaban J connectivity index is 2.30. The van der Waals surface area contributed by atoms with Gasteiger partial charge in [-0.1, -0.05) is 18.2 Å². The van der Waals surface area contributed by atoms with Crippen molar-refractivity contribution in [3.63, 3.8) is 0 Å². The molecule has 0 aliphatic rings. The first-order valence-corrected chi connectivity index (χ1v) is 5.98. The van der Waals surface area contributed by atoms with Crippen molar-refractivity contribution in [3.05, 3.63) is 53.6 Å². The molecule has 20 heavy (non-hydrogen) atoms. The van der Waals surface area contributed by atoms with Crippen molar-refractivity contribution < 1.29 is 25.2 Å². The Bertz CT molecular complexity index is 619. The first-order chi connectivity index (χ1) is 9.47. The highest BCUT2D eigenvalue weighted by atomic mass is 16.4. The second kappa shape index (κ2) is 5.52. The van der Waals surface area contributed by atoms with E-state index in [9.17, 15) is 25.2 Å². The summed E-state index contributed by atoms with van der Waals surface area (Å²) in [5.74, 6) is -2.46. The van der Waals surface area contributed by atoms with Crippen LogP contribution in [0.2, 0.25) is 0 Å². The quantitative estimate of drug-likeness (QED) is 0.767. The van der Waals surface area contributed by atoms with E-state index in [4.69, 9.17) is 0 Å². The number of hydrogen-bond donors (Lipinski definition) is 3. The van der Waals surface area contributed by atoms with E-state index < -0.39 is 11.9 Å². The summed E-state index contributed by atoms with van der Waals surface area (Å²) in [5, 5.41) is 39.4. The van der Waals surface area contributed by atoms with Crippen molar-refractivity contribution in [2.45, 2.75) is 12.3 Å². The van der Waals surface area contributed by atoms with Crippen LogP contribution in [0.25, 0.3) is 0 Å². The van der Waals surface area contributed by atoms with Gasteiger partial charge in [-0.25, -0.2) is 0 Å². The number of aliphatic carboxylic acids is 1. The van der Waals surface area contributed by atoms with Gasteiger partial charge < -0.3 is 25.2 Å². The van der Waals surface area contributed by atoms with Gasteiger partial charge in [0.05, 0.1) is 0 Å². The fourth-order valence-corrected chi connectivity index (χ4v) is 1.99. The lowest BCUT2D eigenvalue weighted by atomic mass is 9.91. The Labute approximate surface area is 115 Å². The van der Waals surface area contributed by atoms with Crippen LogP contribution in [-0.4, -0.2) is 21.3 Å². The third-order valence-electron chi connectivity index (χ3n) is 3.07. The van der Waals surface area contributed by atoms with Crippen molar-refractivity contribution in [1.29, 1.82) is 0 Å². The van der Waals surface area contributed by atoms with Gasteiger partial charge in [0.25, 0.3) is 0 Å². The number of carbonyl (C=O) groups is 1. The van der Waals surface area contributed by atoms with Crippen molar-refractivity contribution in [3.8, 4) is 17.2 Å². The first kappa shape index (κ1) is 13.7.